The van der Waals surface area contributed by atoms with Crippen LogP contribution in [-0.2, 0) is 4.79 Å². The molecule has 0 radical (unpaired) electrons. The van der Waals surface area contributed by atoms with Crippen molar-refractivity contribution in [3.05, 3.63) is 24.3 Å². The number of hydrogen-bond acceptors (Lipinski definition) is 4. The Bertz CT molecular complexity index is 614. The molecule has 21 heavy (non-hydrogen) atoms. The number of nitrogens with one attached hydrogen (secondary N) is 1. The van der Waals surface area contributed by atoms with E-state index in [1.165, 1.54) is 6.92 Å². The fourth-order valence-electron chi connectivity index (χ4n) is 2.55. The second kappa shape index (κ2) is 5.35. The van der Waals surface area contributed by atoms with Gasteiger partial charge in [0.2, 0.25) is 5.91 Å². The molecule has 1 saturated heterocycles. The first kappa shape index (κ1) is 13.9. The number of alkyl halides is 1. The third kappa shape index (κ3) is 2.99. The van der Waals surface area contributed by atoms with Gasteiger partial charge in [-0.3, -0.25) is 4.79 Å². The molecule has 2 aromatic rings. The molecule has 1 aromatic carbocycles. The molecule has 5 nitrogen and oxygen atoms in total. The molecule has 1 fully saturated rings. The van der Waals surface area contributed by atoms with Crippen molar-refractivity contribution in [3.8, 4) is 0 Å². The molecule has 1 aliphatic heterocycles. The molecule has 1 amide bonds. The Kier molecular flexibility index (Phi) is 3.53. The van der Waals surface area contributed by atoms with Crippen molar-refractivity contribution in [1.29, 1.82) is 0 Å². The first-order chi connectivity index (χ1) is 10.1. The van der Waals surface area contributed by atoms with E-state index in [0.29, 0.717) is 31.9 Å². The molecule has 6 heteroatoms. The molecule has 0 aliphatic carbocycles. The lowest BCUT2D eigenvalue weighted by Crippen LogP contribution is -2.48. The average molecular weight is 291 g/mol. The number of hydrogen-bond donors (Lipinski definition) is 1. The van der Waals surface area contributed by atoms with Crippen molar-refractivity contribution in [2.45, 2.75) is 25.4 Å². The van der Waals surface area contributed by atoms with E-state index in [-0.39, 0.29) is 12.5 Å². The lowest BCUT2D eigenvalue weighted by Gasteiger charge is -2.35. The van der Waals surface area contributed by atoms with E-state index < -0.39 is 5.67 Å². The van der Waals surface area contributed by atoms with Gasteiger partial charge in [-0.05, 0) is 12.1 Å². The van der Waals surface area contributed by atoms with Crippen LogP contribution in [0.25, 0.3) is 11.1 Å². The van der Waals surface area contributed by atoms with Gasteiger partial charge >= 0.3 is 0 Å². The van der Waals surface area contributed by atoms with Gasteiger partial charge in [-0.15, -0.1) is 0 Å². The second-order valence-electron chi connectivity index (χ2n) is 5.51. The summed E-state index contributed by atoms with van der Waals surface area (Å²) in [4.78, 5) is 17.3. The summed E-state index contributed by atoms with van der Waals surface area (Å²) in [5, 5.41) is 2.56. The van der Waals surface area contributed by atoms with Crippen LogP contribution < -0.4 is 10.2 Å². The van der Waals surface area contributed by atoms with Gasteiger partial charge in [-0.25, -0.2) is 4.39 Å². The Morgan fingerprint density at radius 1 is 1.43 bits per heavy atom. The summed E-state index contributed by atoms with van der Waals surface area (Å²) in [7, 11) is 0. The monoisotopic (exact) mass is 291 g/mol. The smallest absolute Gasteiger partial charge is 0.298 e. The molecule has 112 valence electrons. The number of nitrogens with zero attached hydrogens (tertiary/aromatic N) is 2. The Morgan fingerprint density at radius 3 is 2.81 bits per heavy atom. The van der Waals surface area contributed by atoms with E-state index in [2.05, 4.69) is 10.3 Å². The molecule has 1 aliphatic rings. The van der Waals surface area contributed by atoms with Crippen LogP contribution in [0, 0.1) is 0 Å². The van der Waals surface area contributed by atoms with Crippen LogP contribution in [0.4, 0.5) is 10.4 Å². The highest BCUT2D eigenvalue weighted by Crippen LogP contribution is 2.30. The van der Waals surface area contributed by atoms with E-state index in [4.69, 9.17) is 4.42 Å². The summed E-state index contributed by atoms with van der Waals surface area (Å²) < 4.78 is 20.2. The van der Waals surface area contributed by atoms with Crippen molar-refractivity contribution < 1.29 is 13.6 Å². The zero-order valence-electron chi connectivity index (χ0n) is 11.9. The highest BCUT2D eigenvalue weighted by molar-refractivity contribution is 5.74. The van der Waals surface area contributed by atoms with E-state index in [1.807, 2.05) is 29.2 Å². The summed E-state index contributed by atoms with van der Waals surface area (Å²) in [5.41, 5.74) is 0.208. The van der Waals surface area contributed by atoms with E-state index in [9.17, 15) is 9.18 Å². The molecule has 1 N–H and O–H groups in total. The van der Waals surface area contributed by atoms with Crippen molar-refractivity contribution in [2.75, 3.05) is 24.5 Å². The first-order valence-electron chi connectivity index (χ1n) is 7.10. The van der Waals surface area contributed by atoms with Gasteiger partial charge in [-0.2, -0.15) is 4.98 Å². The van der Waals surface area contributed by atoms with Crippen LogP contribution in [0.3, 0.4) is 0 Å². The van der Waals surface area contributed by atoms with E-state index >= 15 is 0 Å². The minimum Gasteiger partial charge on any atom is -0.423 e. The zero-order valence-corrected chi connectivity index (χ0v) is 11.9. The standard InChI is InChI=1S/C15H18FN3O2/c1-11(20)17-10-15(16)6-8-19(9-7-15)14-18-12-4-2-3-5-13(12)21-14/h2-5H,6-10H2,1H3,(H,17,20). The van der Waals surface area contributed by atoms with Crippen LogP contribution in [0.15, 0.2) is 28.7 Å². The van der Waals surface area contributed by atoms with Crippen LogP contribution in [0.1, 0.15) is 19.8 Å². The Balaban J connectivity index is 1.66. The van der Waals surface area contributed by atoms with Crippen molar-refractivity contribution in [3.63, 3.8) is 0 Å². The number of para-hydroxylation sites is 2. The topological polar surface area (TPSA) is 58.4 Å². The third-order valence-electron chi connectivity index (χ3n) is 3.87. The van der Waals surface area contributed by atoms with Gasteiger partial charge in [-0.1, -0.05) is 12.1 Å². The van der Waals surface area contributed by atoms with Crippen LogP contribution in [0.5, 0.6) is 0 Å². The minimum atomic E-state index is -1.34. The Labute approximate surface area is 122 Å². The second-order valence-corrected chi connectivity index (χ2v) is 5.51. The average Bonchev–Trinajstić information content (AvgIpc) is 2.90. The zero-order chi connectivity index (χ0) is 14.9. The lowest BCUT2D eigenvalue weighted by atomic mass is 9.93. The highest BCUT2D eigenvalue weighted by Gasteiger charge is 2.35. The number of carbonyl (C=O) groups excluding carboxylic acids is 1. The fraction of sp³-hybridized carbons (Fsp3) is 0.467. The quantitative estimate of drug-likeness (QED) is 0.942. The third-order valence-corrected chi connectivity index (χ3v) is 3.87. The number of benzene rings is 1. The molecule has 0 unspecified atom stereocenters. The van der Waals surface area contributed by atoms with Crippen LogP contribution >= 0.6 is 0 Å². The van der Waals surface area contributed by atoms with E-state index in [1.54, 1.807) is 0 Å². The number of anilines is 1. The highest BCUT2D eigenvalue weighted by atomic mass is 19.1. The molecule has 0 bridgehead atoms. The molecule has 2 heterocycles. The summed E-state index contributed by atoms with van der Waals surface area (Å²) >= 11 is 0. The minimum absolute atomic E-state index is 0.0731. The number of carbonyl (C=O) groups is 1. The number of halogens is 1. The van der Waals surface area contributed by atoms with Crippen molar-refractivity contribution >= 4 is 23.0 Å². The molecular weight excluding hydrogens is 273 g/mol. The largest absolute Gasteiger partial charge is 0.423 e. The normalized spacial score (nSPS) is 17.9. The molecule has 3 rings (SSSR count). The lowest BCUT2D eigenvalue weighted by molar-refractivity contribution is -0.119. The summed E-state index contributed by atoms with van der Waals surface area (Å²) in [5.74, 6) is -0.201. The SMILES string of the molecule is CC(=O)NCC1(F)CCN(c2nc3ccccc3o2)CC1. The van der Waals surface area contributed by atoms with Crippen molar-refractivity contribution in [1.82, 2.24) is 10.3 Å². The molecule has 1 aromatic heterocycles. The van der Waals surface area contributed by atoms with Gasteiger partial charge < -0.3 is 14.6 Å². The van der Waals surface area contributed by atoms with Crippen LogP contribution in [0.2, 0.25) is 0 Å². The van der Waals surface area contributed by atoms with Gasteiger partial charge in [0.25, 0.3) is 6.01 Å². The predicted molar refractivity (Wildman–Crippen MR) is 78.0 cm³/mol. The van der Waals surface area contributed by atoms with Gasteiger partial charge in [0.1, 0.15) is 11.2 Å². The van der Waals surface area contributed by atoms with Crippen molar-refractivity contribution in [2.24, 2.45) is 0 Å². The van der Waals surface area contributed by atoms with Crippen LogP contribution in [-0.4, -0.2) is 36.2 Å². The molecule has 0 saturated carbocycles. The maximum absolute atomic E-state index is 14.5. The summed E-state index contributed by atoms with van der Waals surface area (Å²) in [6, 6.07) is 8.10. The fourth-order valence-corrected chi connectivity index (χ4v) is 2.55. The summed E-state index contributed by atoms with van der Waals surface area (Å²) in [6.07, 6.45) is 0.706. The van der Waals surface area contributed by atoms with E-state index in [0.717, 1.165) is 11.1 Å². The number of piperidine rings is 1. The maximum Gasteiger partial charge on any atom is 0.298 e. The van der Waals surface area contributed by atoms with Gasteiger partial charge in [0.15, 0.2) is 5.58 Å². The number of oxazole rings is 1. The maximum atomic E-state index is 14.5. The van der Waals surface area contributed by atoms with Gasteiger partial charge in [0, 0.05) is 32.9 Å². The number of aromatic nitrogens is 1. The Morgan fingerprint density at radius 2 is 2.14 bits per heavy atom. The number of rotatable bonds is 3. The summed E-state index contributed by atoms with van der Waals surface area (Å²) in [6.45, 7) is 2.53. The predicted octanol–water partition coefficient (Wildman–Crippen LogP) is 2.27. The number of fused-ring (bicyclic) bond motifs is 1. The molecule has 0 atom stereocenters. The van der Waals surface area contributed by atoms with Gasteiger partial charge in [0.05, 0.1) is 6.54 Å². The Hall–Kier alpha value is -2.11. The number of amides is 1. The first-order valence-corrected chi connectivity index (χ1v) is 7.10. The molecule has 0 spiro atoms. The molecular formula is C15H18FN3O2.